The number of hydrogen-bond donors (Lipinski definition) is 1. The highest BCUT2D eigenvalue weighted by molar-refractivity contribution is 7.89. The third-order valence-corrected chi connectivity index (χ3v) is 6.69. The fourth-order valence-electron chi connectivity index (χ4n) is 3.60. The average molecular weight is 403 g/mol. The molecule has 1 fully saturated rings. The lowest BCUT2D eigenvalue weighted by Crippen LogP contribution is -2.29. The van der Waals surface area contributed by atoms with Gasteiger partial charge in [0.25, 0.3) is 0 Å². The Hall–Kier alpha value is -1.89. The van der Waals surface area contributed by atoms with Crippen LogP contribution in [0.4, 0.5) is 0 Å². The molecule has 2 aromatic carbocycles. The second-order valence-electron chi connectivity index (χ2n) is 7.31. The largest absolute Gasteiger partial charge is 0.496 e. The van der Waals surface area contributed by atoms with Crippen LogP contribution in [-0.4, -0.2) is 33.5 Å². The first-order chi connectivity index (χ1) is 13.5. The molecule has 1 aliphatic heterocycles. The van der Waals surface area contributed by atoms with Crippen molar-refractivity contribution < 1.29 is 13.2 Å². The van der Waals surface area contributed by atoms with Gasteiger partial charge in [0.2, 0.25) is 10.0 Å². The zero-order valence-corrected chi connectivity index (χ0v) is 17.6. The molecule has 0 unspecified atom stereocenters. The van der Waals surface area contributed by atoms with Crippen LogP contribution in [0.3, 0.4) is 0 Å². The SMILES string of the molecule is CCc1cc(S(=O)(=O)NCc2ccc(CN3CCCCC3)cc2)ccc1OC. The predicted molar refractivity (Wildman–Crippen MR) is 112 cm³/mol. The highest BCUT2D eigenvalue weighted by Gasteiger charge is 2.16. The Morgan fingerprint density at radius 1 is 1.00 bits per heavy atom. The molecule has 0 bridgehead atoms. The smallest absolute Gasteiger partial charge is 0.240 e. The van der Waals surface area contributed by atoms with Gasteiger partial charge in [0.1, 0.15) is 5.75 Å². The van der Waals surface area contributed by atoms with Crippen LogP contribution < -0.4 is 9.46 Å². The van der Waals surface area contributed by atoms with Gasteiger partial charge in [-0.2, -0.15) is 0 Å². The lowest BCUT2D eigenvalue weighted by atomic mass is 10.1. The maximum Gasteiger partial charge on any atom is 0.240 e. The molecule has 0 atom stereocenters. The molecule has 0 radical (unpaired) electrons. The molecule has 152 valence electrons. The molecule has 5 nitrogen and oxygen atoms in total. The van der Waals surface area contributed by atoms with E-state index in [2.05, 4.69) is 21.8 Å². The van der Waals surface area contributed by atoms with E-state index in [1.54, 1.807) is 25.3 Å². The van der Waals surface area contributed by atoms with E-state index in [4.69, 9.17) is 4.74 Å². The van der Waals surface area contributed by atoms with Crippen molar-refractivity contribution in [3.05, 3.63) is 59.2 Å². The van der Waals surface area contributed by atoms with Gasteiger partial charge in [0.15, 0.2) is 0 Å². The van der Waals surface area contributed by atoms with E-state index in [1.807, 2.05) is 19.1 Å². The summed E-state index contributed by atoms with van der Waals surface area (Å²) in [7, 11) is -1.97. The Morgan fingerprint density at radius 3 is 2.32 bits per heavy atom. The number of piperidine rings is 1. The predicted octanol–water partition coefficient (Wildman–Crippen LogP) is 3.72. The van der Waals surface area contributed by atoms with Crippen LogP contribution in [0.2, 0.25) is 0 Å². The molecule has 28 heavy (non-hydrogen) atoms. The molecular weight excluding hydrogens is 372 g/mol. The Morgan fingerprint density at radius 2 is 1.68 bits per heavy atom. The summed E-state index contributed by atoms with van der Waals surface area (Å²) in [5.74, 6) is 0.714. The first-order valence-corrected chi connectivity index (χ1v) is 11.5. The standard InChI is InChI=1S/C22H30N2O3S/c1-3-20-15-21(11-12-22(20)27-2)28(25,26)23-16-18-7-9-19(10-8-18)17-24-13-5-4-6-14-24/h7-12,15,23H,3-6,13-14,16-17H2,1-2H3. The molecule has 0 saturated carbocycles. The maximum absolute atomic E-state index is 12.6. The number of aryl methyl sites for hydroxylation is 1. The summed E-state index contributed by atoms with van der Waals surface area (Å²) < 4.78 is 33.3. The van der Waals surface area contributed by atoms with E-state index >= 15 is 0 Å². The van der Waals surface area contributed by atoms with Crippen molar-refractivity contribution in [3.63, 3.8) is 0 Å². The third-order valence-electron chi connectivity index (χ3n) is 5.29. The van der Waals surface area contributed by atoms with Crippen LogP contribution in [0.1, 0.15) is 42.9 Å². The molecule has 1 N–H and O–H groups in total. The van der Waals surface area contributed by atoms with Crippen molar-refractivity contribution in [1.82, 2.24) is 9.62 Å². The Labute approximate surface area is 168 Å². The quantitative estimate of drug-likeness (QED) is 0.731. The van der Waals surface area contributed by atoms with E-state index in [1.165, 1.54) is 37.9 Å². The molecule has 0 spiro atoms. The van der Waals surface area contributed by atoms with Crippen molar-refractivity contribution in [3.8, 4) is 5.75 Å². The number of rotatable bonds is 8. The van der Waals surface area contributed by atoms with Crippen LogP contribution in [0.25, 0.3) is 0 Å². The van der Waals surface area contributed by atoms with Crippen molar-refractivity contribution >= 4 is 10.0 Å². The molecule has 3 rings (SSSR count). The maximum atomic E-state index is 12.6. The van der Waals surface area contributed by atoms with Crippen LogP contribution in [-0.2, 0) is 29.5 Å². The molecule has 2 aromatic rings. The molecular formula is C22H30N2O3S. The summed E-state index contributed by atoms with van der Waals surface area (Å²) in [6.45, 7) is 5.57. The average Bonchev–Trinajstić information content (AvgIpc) is 2.73. The zero-order valence-electron chi connectivity index (χ0n) is 16.8. The molecule has 0 amide bonds. The number of ether oxygens (including phenoxy) is 1. The highest BCUT2D eigenvalue weighted by Crippen LogP contribution is 2.23. The second-order valence-corrected chi connectivity index (χ2v) is 9.07. The number of hydrogen-bond acceptors (Lipinski definition) is 4. The third kappa shape index (κ3) is 5.34. The van der Waals surface area contributed by atoms with Crippen molar-refractivity contribution in [2.24, 2.45) is 0 Å². The van der Waals surface area contributed by atoms with Crippen molar-refractivity contribution in [1.29, 1.82) is 0 Å². The zero-order chi connectivity index (χ0) is 20.0. The molecule has 6 heteroatoms. The van der Waals surface area contributed by atoms with E-state index in [-0.39, 0.29) is 11.4 Å². The van der Waals surface area contributed by atoms with E-state index in [0.29, 0.717) is 12.2 Å². The molecule has 0 aromatic heterocycles. The fourth-order valence-corrected chi connectivity index (χ4v) is 4.67. The molecule has 0 aliphatic carbocycles. The van der Waals surface area contributed by atoms with Gasteiger partial charge >= 0.3 is 0 Å². The van der Waals surface area contributed by atoms with Crippen LogP contribution in [0.15, 0.2) is 47.4 Å². The van der Waals surface area contributed by atoms with Crippen LogP contribution in [0.5, 0.6) is 5.75 Å². The molecule has 1 saturated heterocycles. The Bertz CT molecular complexity index is 873. The Balaban J connectivity index is 1.61. The van der Waals surface area contributed by atoms with Crippen molar-refractivity contribution in [2.75, 3.05) is 20.2 Å². The van der Waals surface area contributed by atoms with E-state index in [9.17, 15) is 8.42 Å². The van der Waals surface area contributed by atoms with Gasteiger partial charge in [0.05, 0.1) is 12.0 Å². The van der Waals surface area contributed by atoms with Gasteiger partial charge < -0.3 is 4.74 Å². The van der Waals surface area contributed by atoms with Gasteiger partial charge in [0, 0.05) is 13.1 Å². The summed E-state index contributed by atoms with van der Waals surface area (Å²) in [5.41, 5.74) is 3.11. The number of nitrogens with zero attached hydrogens (tertiary/aromatic N) is 1. The minimum atomic E-state index is -3.56. The fraction of sp³-hybridized carbons (Fsp3) is 0.455. The summed E-state index contributed by atoms with van der Waals surface area (Å²) in [6, 6.07) is 13.2. The van der Waals surface area contributed by atoms with Crippen LogP contribution in [0, 0.1) is 0 Å². The molecule has 1 aliphatic rings. The molecule has 1 heterocycles. The number of benzene rings is 2. The van der Waals surface area contributed by atoms with Gasteiger partial charge in [-0.25, -0.2) is 13.1 Å². The number of nitrogens with one attached hydrogen (secondary N) is 1. The topological polar surface area (TPSA) is 58.6 Å². The van der Waals surface area contributed by atoms with E-state index < -0.39 is 10.0 Å². The van der Waals surface area contributed by atoms with E-state index in [0.717, 1.165) is 17.7 Å². The lowest BCUT2D eigenvalue weighted by molar-refractivity contribution is 0.221. The Kier molecular flexibility index (Phi) is 7.10. The summed E-state index contributed by atoms with van der Waals surface area (Å²) in [5, 5.41) is 0. The monoisotopic (exact) mass is 402 g/mol. The van der Waals surface area contributed by atoms with Crippen molar-refractivity contribution in [2.45, 2.75) is 50.6 Å². The summed E-state index contributed by atoms with van der Waals surface area (Å²) in [6.07, 6.45) is 4.62. The number of sulfonamides is 1. The van der Waals surface area contributed by atoms with Gasteiger partial charge in [-0.3, -0.25) is 4.90 Å². The minimum absolute atomic E-state index is 0.270. The van der Waals surface area contributed by atoms with Gasteiger partial charge in [-0.1, -0.05) is 37.6 Å². The first kappa shape index (κ1) is 20.8. The van der Waals surface area contributed by atoms with Crippen LogP contribution >= 0.6 is 0 Å². The number of likely N-dealkylation sites (tertiary alicyclic amines) is 1. The van der Waals surface area contributed by atoms with Gasteiger partial charge in [-0.05, 0) is 67.2 Å². The first-order valence-electron chi connectivity index (χ1n) is 9.98. The number of methoxy groups -OCH3 is 1. The summed E-state index contributed by atoms with van der Waals surface area (Å²) in [4.78, 5) is 2.75. The lowest BCUT2D eigenvalue weighted by Gasteiger charge is -2.26. The highest BCUT2D eigenvalue weighted by atomic mass is 32.2. The minimum Gasteiger partial charge on any atom is -0.496 e. The summed E-state index contributed by atoms with van der Waals surface area (Å²) >= 11 is 0. The second kappa shape index (κ2) is 9.54. The normalized spacial score (nSPS) is 15.5. The van der Waals surface area contributed by atoms with Gasteiger partial charge in [-0.15, -0.1) is 0 Å².